The summed E-state index contributed by atoms with van der Waals surface area (Å²) < 4.78 is 1.55. The van der Waals surface area contributed by atoms with Crippen LogP contribution in [0.5, 0.6) is 0 Å². The molecule has 0 saturated carbocycles. The van der Waals surface area contributed by atoms with Crippen LogP contribution in [-0.4, -0.2) is 50.3 Å². The first kappa shape index (κ1) is 16.1. The summed E-state index contributed by atoms with van der Waals surface area (Å²) in [4.78, 5) is 25.5. The number of hydrogen-bond acceptors (Lipinski definition) is 6. The molecule has 2 aromatic heterocycles. The molecular weight excluding hydrogens is 304 g/mol. The van der Waals surface area contributed by atoms with Crippen LogP contribution in [0.3, 0.4) is 0 Å². The zero-order valence-electron chi connectivity index (χ0n) is 12.7. The number of amides is 2. The molecule has 2 rings (SSSR count). The SMILES string of the molecule is CCc1nnc(NC(=O)CN(C)C(=O)C(C)n2cccn2)s1. The minimum atomic E-state index is -0.457. The minimum Gasteiger partial charge on any atom is -0.335 e. The van der Waals surface area contributed by atoms with E-state index in [-0.39, 0.29) is 18.4 Å². The summed E-state index contributed by atoms with van der Waals surface area (Å²) in [5, 5.41) is 15.8. The predicted octanol–water partition coefficient (Wildman–Crippen LogP) is 0.955. The molecule has 2 amide bonds. The first-order chi connectivity index (χ1) is 10.5. The molecule has 9 heteroatoms. The van der Waals surface area contributed by atoms with E-state index in [4.69, 9.17) is 0 Å². The molecule has 118 valence electrons. The maximum absolute atomic E-state index is 12.2. The van der Waals surface area contributed by atoms with E-state index in [1.807, 2.05) is 6.92 Å². The van der Waals surface area contributed by atoms with Gasteiger partial charge in [-0.3, -0.25) is 19.6 Å². The van der Waals surface area contributed by atoms with Crippen LogP contribution >= 0.6 is 11.3 Å². The topological polar surface area (TPSA) is 93.0 Å². The Morgan fingerprint density at radius 3 is 2.82 bits per heavy atom. The van der Waals surface area contributed by atoms with Crippen molar-refractivity contribution in [2.24, 2.45) is 0 Å². The Kier molecular flexibility index (Phi) is 5.21. The largest absolute Gasteiger partial charge is 0.335 e. The highest BCUT2D eigenvalue weighted by atomic mass is 32.1. The van der Waals surface area contributed by atoms with E-state index < -0.39 is 6.04 Å². The van der Waals surface area contributed by atoms with Gasteiger partial charge >= 0.3 is 0 Å². The van der Waals surface area contributed by atoms with Crippen molar-refractivity contribution < 1.29 is 9.59 Å². The van der Waals surface area contributed by atoms with Gasteiger partial charge in [0, 0.05) is 19.4 Å². The van der Waals surface area contributed by atoms with Crippen LogP contribution in [0.2, 0.25) is 0 Å². The Hall–Kier alpha value is -2.29. The smallest absolute Gasteiger partial charge is 0.247 e. The first-order valence-corrected chi connectivity index (χ1v) is 7.69. The van der Waals surface area contributed by atoms with E-state index in [9.17, 15) is 9.59 Å². The van der Waals surface area contributed by atoms with Gasteiger partial charge in [0.25, 0.3) is 0 Å². The van der Waals surface area contributed by atoms with E-state index >= 15 is 0 Å². The molecule has 0 spiro atoms. The number of hydrogen-bond donors (Lipinski definition) is 1. The van der Waals surface area contributed by atoms with Gasteiger partial charge in [-0.15, -0.1) is 10.2 Å². The molecule has 0 aliphatic carbocycles. The van der Waals surface area contributed by atoms with E-state index in [1.165, 1.54) is 16.2 Å². The van der Waals surface area contributed by atoms with Gasteiger partial charge in [-0.05, 0) is 19.4 Å². The monoisotopic (exact) mass is 322 g/mol. The van der Waals surface area contributed by atoms with Crippen molar-refractivity contribution in [2.75, 3.05) is 18.9 Å². The molecule has 2 heterocycles. The first-order valence-electron chi connectivity index (χ1n) is 6.87. The highest BCUT2D eigenvalue weighted by Gasteiger charge is 2.21. The molecule has 0 saturated heterocycles. The van der Waals surface area contributed by atoms with Gasteiger partial charge in [0.2, 0.25) is 16.9 Å². The fourth-order valence-corrected chi connectivity index (χ4v) is 2.54. The van der Waals surface area contributed by atoms with Crippen molar-refractivity contribution in [1.29, 1.82) is 0 Å². The maximum atomic E-state index is 12.2. The summed E-state index contributed by atoms with van der Waals surface area (Å²) in [5.41, 5.74) is 0. The van der Waals surface area contributed by atoms with Gasteiger partial charge in [0.1, 0.15) is 11.0 Å². The number of nitrogens with zero attached hydrogens (tertiary/aromatic N) is 5. The quantitative estimate of drug-likeness (QED) is 0.855. The lowest BCUT2D eigenvalue weighted by atomic mass is 10.3. The number of aryl methyl sites for hydroxylation is 1. The highest BCUT2D eigenvalue weighted by molar-refractivity contribution is 7.15. The third-order valence-corrected chi connectivity index (χ3v) is 4.03. The predicted molar refractivity (Wildman–Crippen MR) is 82.5 cm³/mol. The summed E-state index contributed by atoms with van der Waals surface area (Å²) >= 11 is 1.33. The molecular formula is C13H18N6O2S. The number of rotatable bonds is 6. The Bertz CT molecular complexity index is 639. The standard InChI is InChI=1S/C13H18N6O2S/c1-4-11-16-17-13(22-11)15-10(20)8-18(3)12(21)9(2)19-7-5-6-14-19/h5-7,9H,4,8H2,1-3H3,(H,15,17,20). The van der Waals surface area contributed by atoms with Crippen LogP contribution in [0.25, 0.3) is 0 Å². The second-order valence-electron chi connectivity index (χ2n) is 4.76. The van der Waals surface area contributed by atoms with E-state index in [0.29, 0.717) is 5.13 Å². The van der Waals surface area contributed by atoms with Crippen LogP contribution in [-0.2, 0) is 16.0 Å². The van der Waals surface area contributed by atoms with Gasteiger partial charge < -0.3 is 4.90 Å². The Morgan fingerprint density at radius 2 is 2.23 bits per heavy atom. The number of nitrogens with one attached hydrogen (secondary N) is 1. The summed E-state index contributed by atoms with van der Waals surface area (Å²) in [6.45, 7) is 3.66. The molecule has 0 aliphatic rings. The number of carbonyl (C=O) groups excluding carboxylic acids is 2. The zero-order valence-corrected chi connectivity index (χ0v) is 13.5. The Labute approximate surface area is 132 Å². The van der Waals surface area contributed by atoms with Gasteiger partial charge in [0.05, 0.1) is 6.54 Å². The number of carbonyl (C=O) groups is 2. The molecule has 0 aliphatic heterocycles. The molecule has 1 atom stereocenters. The Balaban J connectivity index is 1.89. The fourth-order valence-electron chi connectivity index (χ4n) is 1.84. The molecule has 0 bridgehead atoms. The van der Waals surface area contributed by atoms with Crippen molar-refractivity contribution >= 4 is 28.3 Å². The van der Waals surface area contributed by atoms with Crippen LogP contribution in [0, 0.1) is 0 Å². The fraction of sp³-hybridized carbons (Fsp3) is 0.462. The van der Waals surface area contributed by atoms with E-state index in [1.54, 1.807) is 37.1 Å². The van der Waals surface area contributed by atoms with Gasteiger partial charge in [-0.25, -0.2) is 0 Å². The molecule has 0 fully saturated rings. The molecule has 1 N–H and O–H groups in total. The van der Waals surface area contributed by atoms with Crippen molar-refractivity contribution in [1.82, 2.24) is 24.9 Å². The molecule has 1 unspecified atom stereocenters. The van der Waals surface area contributed by atoms with E-state index in [0.717, 1.165) is 11.4 Å². The molecule has 0 radical (unpaired) electrons. The third-order valence-electron chi connectivity index (χ3n) is 3.05. The summed E-state index contributed by atoms with van der Waals surface area (Å²) in [7, 11) is 1.58. The second kappa shape index (κ2) is 7.12. The van der Waals surface area contributed by atoms with Crippen LogP contribution in [0.4, 0.5) is 5.13 Å². The molecule has 22 heavy (non-hydrogen) atoms. The Morgan fingerprint density at radius 1 is 1.45 bits per heavy atom. The second-order valence-corrected chi connectivity index (χ2v) is 5.82. The molecule has 2 aromatic rings. The average molecular weight is 322 g/mol. The van der Waals surface area contributed by atoms with Crippen LogP contribution < -0.4 is 5.32 Å². The van der Waals surface area contributed by atoms with Crippen molar-refractivity contribution in [3.05, 3.63) is 23.5 Å². The van der Waals surface area contributed by atoms with Gasteiger partial charge in [-0.1, -0.05) is 18.3 Å². The summed E-state index contributed by atoms with van der Waals surface area (Å²) in [6.07, 6.45) is 4.09. The number of likely N-dealkylation sites (N-methyl/N-ethyl adjacent to an activating group) is 1. The average Bonchev–Trinajstić information content (AvgIpc) is 3.16. The molecule has 8 nitrogen and oxygen atoms in total. The minimum absolute atomic E-state index is 0.0501. The highest BCUT2D eigenvalue weighted by Crippen LogP contribution is 2.15. The number of anilines is 1. The maximum Gasteiger partial charge on any atom is 0.247 e. The van der Waals surface area contributed by atoms with Crippen LogP contribution in [0.1, 0.15) is 24.9 Å². The van der Waals surface area contributed by atoms with Gasteiger partial charge in [-0.2, -0.15) is 5.10 Å². The molecule has 0 aromatic carbocycles. The third kappa shape index (κ3) is 3.88. The van der Waals surface area contributed by atoms with Crippen LogP contribution in [0.15, 0.2) is 18.5 Å². The summed E-state index contributed by atoms with van der Waals surface area (Å²) in [5.74, 6) is -0.493. The normalized spacial score (nSPS) is 12.0. The lowest BCUT2D eigenvalue weighted by Gasteiger charge is -2.20. The van der Waals surface area contributed by atoms with Crippen molar-refractivity contribution in [3.63, 3.8) is 0 Å². The lowest BCUT2D eigenvalue weighted by Crippen LogP contribution is -2.38. The van der Waals surface area contributed by atoms with Crippen molar-refractivity contribution in [3.8, 4) is 0 Å². The summed E-state index contributed by atoms with van der Waals surface area (Å²) in [6, 6.07) is 1.29. The van der Waals surface area contributed by atoms with Gasteiger partial charge in [0.15, 0.2) is 0 Å². The lowest BCUT2D eigenvalue weighted by molar-refractivity contribution is -0.136. The number of aromatic nitrogens is 4. The van der Waals surface area contributed by atoms with E-state index in [2.05, 4.69) is 20.6 Å². The van der Waals surface area contributed by atoms with Crippen molar-refractivity contribution in [2.45, 2.75) is 26.3 Å². The zero-order chi connectivity index (χ0) is 16.1.